The van der Waals surface area contributed by atoms with Crippen molar-refractivity contribution in [1.82, 2.24) is 14.9 Å². The van der Waals surface area contributed by atoms with Gasteiger partial charge in [0.1, 0.15) is 0 Å². The molecule has 1 amide bonds. The van der Waals surface area contributed by atoms with Crippen LogP contribution in [0.15, 0.2) is 41.0 Å². The second kappa shape index (κ2) is 7.79. The van der Waals surface area contributed by atoms with E-state index in [9.17, 15) is 4.79 Å². The summed E-state index contributed by atoms with van der Waals surface area (Å²) < 4.78 is 0. The first-order valence-electron chi connectivity index (χ1n) is 7.75. The molecule has 1 saturated heterocycles. The van der Waals surface area contributed by atoms with Crippen molar-refractivity contribution in [2.75, 3.05) is 31.1 Å². The minimum atomic E-state index is -0.115. The zero-order valence-electron chi connectivity index (χ0n) is 13.1. The molecule has 3 rings (SSSR count). The standard InChI is InChI=1S/C16H20N4OS2/c1-13(23-14-5-2-3-6-17-14)15(21)19-8-4-9-20(11-10-19)16-18-7-12-22-16/h2-3,5-7,12-13H,4,8-11H2,1H3. The Hall–Kier alpha value is -1.60. The van der Waals surface area contributed by atoms with Crippen LogP contribution >= 0.6 is 23.1 Å². The molecule has 122 valence electrons. The first-order chi connectivity index (χ1) is 11.2. The van der Waals surface area contributed by atoms with E-state index >= 15 is 0 Å². The van der Waals surface area contributed by atoms with Gasteiger partial charge in [-0.15, -0.1) is 11.3 Å². The van der Waals surface area contributed by atoms with Crippen molar-refractivity contribution in [2.45, 2.75) is 23.6 Å². The number of amides is 1. The fourth-order valence-corrected chi connectivity index (χ4v) is 4.19. The van der Waals surface area contributed by atoms with Gasteiger partial charge in [0.2, 0.25) is 5.91 Å². The number of hydrogen-bond acceptors (Lipinski definition) is 6. The molecule has 0 bridgehead atoms. The zero-order chi connectivity index (χ0) is 16.1. The molecule has 0 saturated carbocycles. The molecule has 23 heavy (non-hydrogen) atoms. The van der Waals surface area contributed by atoms with Gasteiger partial charge in [0, 0.05) is 44.0 Å². The Balaban J connectivity index is 1.57. The maximum atomic E-state index is 12.7. The maximum Gasteiger partial charge on any atom is 0.235 e. The molecule has 7 heteroatoms. The van der Waals surface area contributed by atoms with Crippen LogP contribution in [-0.2, 0) is 4.79 Å². The highest BCUT2D eigenvalue weighted by Crippen LogP contribution is 2.23. The Morgan fingerprint density at radius 1 is 1.22 bits per heavy atom. The van der Waals surface area contributed by atoms with E-state index in [4.69, 9.17) is 0 Å². The summed E-state index contributed by atoms with van der Waals surface area (Å²) in [6, 6.07) is 5.78. The van der Waals surface area contributed by atoms with Crippen molar-refractivity contribution in [3.63, 3.8) is 0 Å². The summed E-state index contributed by atoms with van der Waals surface area (Å²) in [6.07, 6.45) is 4.57. The Morgan fingerprint density at radius 3 is 2.87 bits per heavy atom. The monoisotopic (exact) mass is 348 g/mol. The quantitative estimate of drug-likeness (QED) is 0.795. The maximum absolute atomic E-state index is 12.7. The lowest BCUT2D eigenvalue weighted by atomic mass is 10.3. The van der Waals surface area contributed by atoms with Crippen molar-refractivity contribution in [3.05, 3.63) is 36.0 Å². The Bertz CT molecular complexity index is 620. The lowest BCUT2D eigenvalue weighted by Gasteiger charge is -2.24. The molecule has 0 aliphatic carbocycles. The number of rotatable bonds is 4. The summed E-state index contributed by atoms with van der Waals surface area (Å²) in [4.78, 5) is 25.6. The number of anilines is 1. The van der Waals surface area contributed by atoms with Crippen molar-refractivity contribution in [3.8, 4) is 0 Å². The molecule has 0 spiro atoms. The van der Waals surface area contributed by atoms with Crippen LogP contribution in [-0.4, -0.2) is 52.2 Å². The van der Waals surface area contributed by atoms with Crippen LogP contribution in [0.2, 0.25) is 0 Å². The van der Waals surface area contributed by atoms with Crippen LogP contribution < -0.4 is 4.90 Å². The molecular weight excluding hydrogens is 328 g/mol. The molecule has 1 unspecified atom stereocenters. The number of thiazole rings is 1. The fourth-order valence-electron chi connectivity index (χ4n) is 2.61. The van der Waals surface area contributed by atoms with Gasteiger partial charge in [-0.05, 0) is 25.5 Å². The predicted octanol–water partition coefficient (Wildman–Crippen LogP) is 2.76. The van der Waals surface area contributed by atoms with Crippen molar-refractivity contribution < 1.29 is 4.79 Å². The summed E-state index contributed by atoms with van der Waals surface area (Å²) in [5.74, 6) is 0.196. The van der Waals surface area contributed by atoms with E-state index in [0.29, 0.717) is 0 Å². The van der Waals surface area contributed by atoms with E-state index in [2.05, 4.69) is 14.9 Å². The van der Waals surface area contributed by atoms with E-state index in [0.717, 1.165) is 42.8 Å². The van der Waals surface area contributed by atoms with E-state index < -0.39 is 0 Å². The average molecular weight is 348 g/mol. The smallest absolute Gasteiger partial charge is 0.235 e. The third-order valence-electron chi connectivity index (χ3n) is 3.78. The van der Waals surface area contributed by atoms with Crippen molar-refractivity contribution in [2.24, 2.45) is 0 Å². The van der Waals surface area contributed by atoms with Crippen molar-refractivity contribution in [1.29, 1.82) is 0 Å². The predicted molar refractivity (Wildman–Crippen MR) is 95.1 cm³/mol. The molecular formula is C16H20N4OS2. The SMILES string of the molecule is CC(Sc1ccccn1)C(=O)N1CCCN(c2nccs2)CC1. The number of carbonyl (C=O) groups excluding carboxylic acids is 1. The van der Waals surface area contributed by atoms with Crippen molar-refractivity contribution >= 4 is 34.1 Å². The summed E-state index contributed by atoms with van der Waals surface area (Å²) in [5.41, 5.74) is 0. The van der Waals surface area contributed by atoms with Crippen LogP contribution in [0.4, 0.5) is 5.13 Å². The van der Waals surface area contributed by atoms with Gasteiger partial charge in [0.15, 0.2) is 5.13 Å². The fraction of sp³-hybridized carbons (Fsp3) is 0.438. The molecule has 0 aromatic carbocycles. The first-order valence-corrected chi connectivity index (χ1v) is 9.51. The highest BCUT2D eigenvalue weighted by atomic mass is 32.2. The van der Waals surface area contributed by atoms with Crippen LogP contribution in [0.25, 0.3) is 0 Å². The van der Waals surface area contributed by atoms with Gasteiger partial charge < -0.3 is 9.80 Å². The van der Waals surface area contributed by atoms with E-state index in [1.54, 1.807) is 17.5 Å². The van der Waals surface area contributed by atoms with Gasteiger partial charge >= 0.3 is 0 Å². The Morgan fingerprint density at radius 2 is 2.13 bits per heavy atom. The van der Waals surface area contributed by atoms with Crippen LogP contribution in [0.1, 0.15) is 13.3 Å². The second-order valence-electron chi connectivity index (χ2n) is 5.41. The summed E-state index contributed by atoms with van der Waals surface area (Å²) >= 11 is 3.18. The molecule has 1 fully saturated rings. The number of carbonyl (C=O) groups is 1. The molecule has 2 aromatic heterocycles. The minimum Gasteiger partial charge on any atom is -0.346 e. The summed E-state index contributed by atoms with van der Waals surface area (Å²) in [5, 5.41) is 3.83. The van der Waals surface area contributed by atoms with Gasteiger partial charge in [-0.25, -0.2) is 9.97 Å². The van der Waals surface area contributed by atoms with E-state index in [-0.39, 0.29) is 11.2 Å². The average Bonchev–Trinajstić information content (AvgIpc) is 3.00. The van der Waals surface area contributed by atoms with Gasteiger partial charge in [-0.3, -0.25) is 4.79 Å². The third-order valence-corrected chi connectivity index (χ3v) is 5.65. The number of hydrogen-bond donors (Lipinski definition) is 0. The number of nitrogens with zero attached hydrogens (tertiary/aromatic N) is 4. The minimum absolute atomic E-state index is 0.115. The van der Waals surface area contributed by atoms with Gasteiger partial charge in [-0.1, -0.05) is 17.8 Å². The number of pyridine rings is 1. The Kier molecular flexibility index (Phi) is 5.51. The topological polar surface area (TPSA) is 49.3 Å². The summed E-state index contributed by atoms with van der Waals surface area (Å²) in [7, 11) is 0. The lowest BCUT2D eigenvalue weighted by molar-refractivity contribution is -0.130. The van der Waals surface area contributed by atoms with Crippen LogP contribution in [0, 0.1) is 0 Å². The zero-order valence-corrected chi connectivity index (χ0v) is 14.7. The Labute approximate surface area is 144 Å². The molecule has 3 heterocycles. The summed E-state index contributed by atoms with van der Waals surface area (Å²) in [6.45, 7) is 5.34. The second-order valence-corrected chi connectivity index (χ2v) is 7.64. The normalized spacial score (nSPS) is 16.9. The number of aromatic nitrogens is 2. The molecule has 0 radical (unpaired) electrons. The highest BCUT2D eigenvalue weighted by molar-refractivity contribution is 8.00. The molecule has 1 atom stereocenters. The van der Waals surface area contributed by atoms with Crippen LogP contribution in [0.5, 0.6) is 0 Å². The highest BCUT2D eigenvalue weighted by Gasteiger charge is 2.24. The molecule has 0 N–H and O–H groups in total. The van der Waals surface area contributed by atoms with Gasteiger partial charge in [0.25, 0.3) is 0 Å². The largest absolute Gasteiger partial charge is 0.346 e. The van der Waals surface area contributed by atoms with E-state index in [1.165, 1.54) is 11.8 Å². The van der Waals surface area contributed by atoms with Gasteiger partial charge in [-0.2, -0.15) is 0 Å². The molecule has 1 aliphatic rings. The lowest BCUT2D eigenvalue weighted by Crippen LogP contribution is -2.39. The molecule has 1 aliphatic heterocycles. The van der Waals surface area contributed by atoms with E-state index in [1.807, 2.05) is 41.6 Å². The third kappa shape index (κ3) is 4.23. The molecule has 2 aromatic rings. The first kappa shape index (κ1) is 16.3. The molecule has 5 nitrogen and oxygen atoms in total. The van der Waals surface area contributed by atoms with Gasteiger partial charge in [0.05, 0.1) is 10.3 Å². The van der Waals surface area contributed by atoms with Crippen LogP contribution in [0.3, 0.4) is 0 Å². The number of thioether (sulfide) groups is 1.